The zero-order chi connectivity index (χ0) is 14.7. The van der Waals surface area contributed by atoms with Gasteiger partial charge in [-0.25, -0.2) is 9.59 Å². The molecule has 0 spiro atoms. The molecule has 108 valence electrons. The van der Waals surface area contributed by atoms with E-state index >= 15 is 0 Å². The van der Waals surface area contributed by atoms with Crippen molar-refractivity contribution < 1.29 is 19.7 Å². The van der Waals surface area contributed by atoms with Gasteiger partial charge in [-0.2, -0.15) is 0 Å². The van der Waals surface area contributed by atoms with Gasteiger partial charge in [-0.05, 0) is 18.9 Å². The lowest BCUT2D eigenvalue weighted by molar-refractivity contribution is -0.131. The molecule has 2 heterocycles. The van der Waals surface area contributed by atoms with Crippen molar-refractivity contribution in [3.05, 3.63) is 38.7 Å². The van der Waals surface area contributed by atoms with E-state index in [0.717, 1.165) is 12.2 Å². The number of aliphatic carboxylic acids is 1. The highest BCUT2D eigenvalue weighted by Gasteiger charge is 2.26. The number of aromatic amines is 1. The molecule has 1 fully saturated rings. The Morgan fingerprint density at radius 3 is 2.85 bits per heavy atom. The summed E-state index contributed by atoms with van der Waals surface area (Å²) in [6.45, 7) is -0.139. The molecular weight excluding hydrogens is 268 g/mol. The van der Waals surface area contributed by atoms with Crippen molar-refractivity contribution in [3.8, 4) is 0 Å². The number of carboxylic acid groups (broad SMARTS) is 1. The first-order valence-electron chi connectivity index (χ1n) is 6.04. The number of nitrogens with one attached hydrogen (secondary N) is 1. The second-order valence-electron chi connectivity index (χ2n) is 4.40. The van der Waals surface area contributed by atoms with Crippen LogP contribution >= 0.6 is 0 Å². The molecule has 8 heteroatoms. The molecule has 2 rings (SSSR count). The summed E-state index contributed by atoms with van der Waals surface area (Å²) in [5, 5.41) is 17.5. The molecule has 0 radical (unpaired) electrons. The first-order chi connectivity index (χ1) is 9.51. The van der Waals surface area contributed by atoms with Gasteiger partial charge in [0.2, 0.25) is 0 Å². The van der Waals surface area contributed by atoms with Crippen molar-refractivity contribution in [2.75, 3.05) is 6.61 Å². The molecule has 20 heavy (non-hydrogen) atoms. The number of hydrogen-bond acceptors (Lipinski definition) is 5. The number of ether oxygens (including phenoxy) is 1. The predicted molar refractivity (Wildman–Crippen MR) is 68.2 cm³/mol. The van der Waals surface area contributed by atoms with Crippen LogP contribution in [0.4, 0.5) is 0 Å². The van der Waals surface area contributed by atoms with Gasteiger partial charge >= 0.3 is 11.7 Å². The lowest BCUT2D eigenvalue weighted by Crippen LogP contribution is -2.33. The molecule has 1 aromatic rings. The molecule has 1 aromatic heterocycles. The third kappa shape index (κ3) is 3.03. The van der Waals surface area contributed by atoms with E-state index in [1.807, 2.05) is 0 Å². The number of nitrogens with zero attached hydrogens (tertiary/aromatic N) is 1. The Balaban J connectivity index is 2.34. The summed E-state index contributed by atoms with van der Waals surface area (Å²) in [4.78, 5) is 35.8. The van der Waals surface area contributed by atoms with E-state index in [9.17, 15) is 14.4 Å². The van der Waals surface area contributed by atoms with Crippen LogP contribution in [0.3, 0.4) is 0 Å². The maximum absolute atomic E-state index is 11.7. The van der Waals surface area contributed by atoms with E-state index < -0.39 is 23.4 Å². The van der Waals surface area contributed by atoms with Crippen molar-refractivity contribution in [2.45, 2.75) is 25.2 Å². The summed E-state index contributed by atoms with van der Waals surface area (Å²) in [5.41, 5.74) is -1.26. The third-order valence-electron chi connectivity index (χ3n) is 3.00. The number of aliphatic hydroxyl groups excluding tert-OH is 1. The number of rotatable bonds is 4. The van der Waals surface area contributed by atoms with Crippen molar-refractivity contribution in [1.82, 2.24) is 9.55 Å². The molecule has 0 saturated carbocycles. The number of carboxylic acids is 1. The molecule has 1 saturated heterocycles. The first kappa shape index (κ1) is 14.2. The number of H-pyrrole nitrogens is 1. The lowest BCUT2D eigenvalue weighted by atomic mass is 10.2. The van der Waals surface area contributed by atoms with E-state index in [2.05, 4.69) is 4.98 Å². The SMILES string of the molecule is O=C(O)/C=C/c1cn(C2CCC(CO)O2)c(=O)[nH]c1=O. The molecule has 0 aromatic carbocycles. The van der Waals surface area contributed by atoms with E-state index in [0.29, 0.717) is 12.8 Å². The average Bonchev–Trinajstić information content (AvgIpc) is 2.86. The lowest BCUT2D eigenvalue weighted by Gasteiger charge is -2.14. The van der Waals surface area contributed by atoms with Crippen LogP contribution in [0.25, 0.3) is 6.08 Å². The molecule has 1 aliphatic rings. The Morgan fingerprint density at radius 2 is 2.25 bits per heavy atom. The maximum atomic E-state index is 11.7. The Bertz CT molecular complexity index is 644. The Morgan fingerprint density at radius 1 is 1.50 bits per heavy atom. The largest absolute Gasteiger partial charge is 0.478 e. The maximum Gasteiger partial charge on any atom is 0.330 e. The van der Waals surface area contributed by atoms with Crippen LogP contribution in [-0.4, -0.2) is 38.4 Å². The zero-order valence-electron chi connectivity index (χ0n) is 10.5. The van der Waals surface area contributed by atoms with Gasteiger partial charge in [0.05, 0.1) is 18.3 Å². The van der Waals surface area contributed by atoms with Crippen LogP contribution in [-0.2, 0) is 9.53 Å². The smallest absolute Gasteiger partial charge is 0.330 e. The van der Waals surface area contributed by atoms with E-state index in [4.69, 9.17) is 14.9 Å². The van der Waals surface area contributed by atoms with Crippen LogP contribution in [0.1, 0.15) is 24.6 Å². The van der Waals surface area contributed by atoms with Gasteiger partial charge < -0.3 is 14.9 Å². The molecule has 0 bridgehead atoms. The minimum atomic E-state index is -1.19. The third-order valence-corrected chi connectivity index (χ3v) is 3.00. The summed E-state index contributed by atoms with van der Waals surface area (Å²) in [7, 11) is 0. The highest BCUT2D eigenvalue weighted by atomic mass is 16.5. The first-order valence-corrected chi connectivity index (χ1v) is 6.04. The van der Waals surface area contributed by atoms with Gasteiger partial charge in [-0.1, -0.05) is 0 Å². The topological polar surface area (TPSA) is 122 Å². The van der Waals surface area contributed by atoms with Crippen molar-refractivity contribution in [2.24, 2.45) is 0 Å². The van der Waals surface area contributed by atoms with Crippen LogP contribution in [0.5, 0.6) is 0 Å². The highest BCUT2D eigenvalue weighted by molar-refractivity contribution is 5.85. The van der Waals surface area contributed by atoms with Crippen LogP contribution in [0.15, 0.2) is 21.9 Å². The Labute approximate surface area is 112 Å². The fraction of sp³-hybridized carbons (Fsp3) is 0.417. The summed E-state index contributed by atoms with van der Waals surface area (Å²) >= 11 is 0. The molecule has 3 N–H and O–H groups in total. The summed E-state index contributed by atoms with van der Waals surface area (Å²) < 4.78 is 6.64. The number of carbonyl (C=O) groups is 1. The van der Waals surface area contributed by atoms with Crippen LogP contribution in [0.2, 0.25) is 0 Å². The van der Waals surface area contributed by atoms with Gasteiger partial charge in [0, 0.05) is 12.3 Å². The van der Waals surface area contributed by atoms with E-state index in [1.54, 1.807) is 0 Å². The molecule has 1 aliphatic heterocycles. The molecule has 0 aliphatic carbocycles. The summed E-state index contributed by atoms with van der Waals surface area (Å²) in [6, 6.07) is 0. The summed E-state index contributed by atoms with van der Waals surface area (Å²) in [6.07, 6.45) is 3.39. The standard InChI is InChI=1S/C12H14N2O6/c15-6-8-2-3-9(20-8)14-5-7(1-4-10(16)17)11(18)13-12(14)19/h1,4-5,8-9,15H,2-3,6H2,(H,16,17)(H,13,18,19)/b4-1+. The monoisotopic (exact) mass is 282 g/mol. The summed E-state index contributed by atoms with van der Waals surface area (Å²) in [5.74, 6) is -1.19. The van der Waals surface area contributed by atoms with Crippen LogP contribution in [0, 0.1) is 0 Å². The van der Waals surface area contributed by atoms with Gasteiger partial charge in [0.15, 0.2) is 0 Å². The number of aromatic nitrogens is 2. The van der Waals surface area contributed by atoms with Crippen LogP contribution < -0.4 is 11.2 Å². The van der Waals surface area contributed by atoms with E-state index in [1.165, 1.54) is 10.8 Å². The molecular formula is C12H14N2O6. The second-order valence-corrected chi connectivity index (χ2v) is 4.40. The average molecular weight is 282 g/mol. The fourth-order valence-electron chi connectivity index (χ4n) is 2.02. The predicted octanol–water partition coefficient (Wildman–Crippen LogP) is -0.696. The number of aliphatic hydroxyl groups is 1. The quantitative estimate of drug-likeness (QED) is 0.628. The second kappa shape index (κ2) is 5.85. The Kier molecular flexibility index (Phi) is 4.16. The minimum absolute atomic E-state index is 0.0445. The molecule has 0 amide bonds. The minimum Gasteiger partial charge on any atom is -0.478 e. The highest BCUT2D eigenvalue weighted by Crippen LogP contribution is 2.26. The van der Waals surface area contributed by atoms with Crippen molar-refractivity contribution in [3.63, 3.8) is 0 Å². The Hall–Kier alpha value is -2.19. The van der Waals surface area contributed by atoms with Gasteiger partial charge in [-0.3, -0.25) is 14.3 Å². The van der Waals surface area contributed by atoms with Gasteiger partial charge in [0.1, 0.15) is 6.23 Å². The normalized spacial score (nSPS) is 22.4. The van der Waals surface area contributed by atoms with Crippen molar-refractivity contribution in [1.29, 1.82) is 0 Å². The number of hydrogen-bond donors (Lipinski definition) is 3. The molecule has 2 unspecified atom stereocenters. The van der Waals surface area contributed by atoms with Gasteiger partial charge in [0.25, 0.3) is 5.56 Å². The van der Waals surface area contributed by atoms with Crippen molar-refractivity contribution >= 4 is 12.0 Å². The van der Waals surface area contributed by atoms with E-state index in [-0.39, 0.29) is 18.3 Å². The zero-order valence-corrected chi connectivity index (χ0v) is 10.5. The molecule has 8 nitrogen and oxygen atoms in total. The van der Waals surface area contributed by atoms with Gasteiger partial charge in [-0.15, -0.1) is 0 Å². The molecule has 2 atom stereocenters. The fourth-order valence-corrected chi connectivity index (χ4v) is 2.02.